The van der Waals surface area contributed by atoms with Crippen molar-refractivity contribution in [3.8, 4) is 0 Å². The van der Waals surface area contributed by atoms with Crippen LogP contribution in [-0.2, 0) is 53.1 Å². The number of piperidine rings is 2. The van der Waals surface area contributed by atoms with Crippen LogP contribution in [0.2, 0.25) is 0 Å². The van der Waals surface area contributed by atoms with E-state index in [1.54, 1.807) is 0 Å². The summed E-state index contributed by atoms with van der Waals surface area (Å²) < 4.78 is 18.9. The summed E-state index contributed by atoms with van der Waals surface area (Å²) in [6.07, 6.45) is 6.40. The Morgan fingerprint density at radius 3 is 1.63 bits per heavy atom. The summed E-state index contributed by atoms with van der Waals surface area (Å²) in [6, 6.07) is 53.1. The molecule has 0 bridgehead atoms. The zero-order chi connectivity index (χ0) is 45.5. The molecule has 2 fully saturated rings. The van der Waals surface area contributed by atoms with Crippen molar-refractivity contribution in [3.63, 3.8) is 0 Å². The average molecular weight is 887 g/mol. The summed E-state index contributed by atoms with van der Waals surface area (Å²) in [5, 5.41) is 14.3. The number of likely N-dealkylation sites (tertiary alicyclic amines) is 1. The normalized spacial score (nSPS) is 20.1. The largest absolute Gasteiger partial charge is 0.444 e. The smallest absolute Gasteiger partial charge is 0.410 e. The number of nitrogens with one attached hydrogen (secondary N) is 1. The summed E-state index contributed by atoms with van der Waals surface area (Å²) >= 11 is 0. The van der Waals surface area contributed by atoms with E-state index >= 15 is 0 Å². The van der Waals surface area contributed by atoms with Crippen molar-refractivity contribution in [1.82, 2.24) is 10.2 Å². The van der Waals surface area contributed by atoms with Gasteiger partial charge in [-0.25, -0.2) is 4.79 Å². The molecule has 2 heterocycles. The number of nitrogens with zero attached hydrogens (tertiary/aromatic N) is 1. The van der Waals surface area contributed by atoms with Crippen molar-refractivity contribution in [2.75, 3.05) is 26.2 Å². The van der Waals surface area contributed by atoms with Gasteiger partial charge in [-0.1, -0.05) is 133 Å². The van der Waals surface area contributed by atoms with Crippen molar-refractivity contribution in [3.05, 3.63) is 190 Å². The second-order valence-corrected chi connectivity index (χ2v) is 20.3. The van der Waals surface area contributed by atoms with Crippen LogP contribution in [-0.4, -0.2) is 55.0 Å². The van der Waals surface area contributed by atoms with Crippen LogP contribution < -0.4 is 5.32 Å². The molecule has 2 aliphatic carbocycles. The Bertz CT molecular complexity index is 3090. The average Bonchev–Trinajstić information content (AvgIpc) is 3.99. The van der Waals surface area contributed by atoms with E-state index < -0.39 is 5.60 Å². The summed E-state index contributed by atoms with van der Waals surface area (Å²) in [5.74, 6) is 0.653. The first kappa shape index (κ1) is 43.5. The number of aryl methyl sites for hydroxylation is 4. The Morgan fingerprint density at radius 2 is 1.07 bits per heavy atom. The quantitative estimate of drug-likeness (QED) is 0.165. The third kappa shape index (κ3) is 9.07. The molecule has 8 aromatic carbocycles. The molecule has 0 aromatic heterocycles. The van der Waals surface area contributed by atoms with Gasteiger partial charge in [-0.2, -0.15) is 0 Å². The number of hydrogen-bond donors (Lipinski definition) is 1. The lowest BCUT2D eigenvalue weighted by molar-refractivity contribution is -0.0357. The van der Waals surface area contributed by atoms with Crippen LogP contribution >= 0.6 is 0 Å². The van der Waals surface area contributed by atoms with Crippen LogP contribution in [0.1, 0.15) is 90.0 Å². The van der Waals surface area contributed by atoms with Gasteiger partial charge in [0.2, 0.25) is 0 Å². The molecule has 4 unspecified atom stereocenters. The topological polar surface area (TPSA) is 60.0 Å². The summed E-state index contributed by atoms with van der Waals surface area (Å²) in [5.41, 5.74) is 10.6. The molecule has 0 radical (unpaired) electrons. The molecule has 340 valence electrons. The number of carbonyl (C=O) groups excluding carboxylic acids is 1. The number of ether oxygens (including phenoxy) is 3. The zero-order valence-electron chi connectivity index (χ0n) is 39.2. The summed E-state index contributed by atoms with van der Waals surface area (Å²) in [7, 11) is 0. The van der Waals surface area contributed by atoms with E-state index in [1.165, 1.54) is 94.9 Å². The lowest BCUT2D eigenvalue weighted by Crippen LogP contribution is -2.48. The Labute approximate surface area is 395 Å². The molecule has 2 aliphatic heterocycles. The van der Waals surface area contributed by atoms with Crippen LogP contribution in [0.15, 0.2) is 146 Å². The van der Waals surface area contributed by atoms with E-state index in [9.17, 15) is 4.79 Å². The maximum Gasteiger partial charge on any atom is 0.410 e. The first-order chi connectivity index (χ1) is 32.7. The third-order valence-electron chi connectivity index (χ3n) is 14.8. The van der Waals surface area contributed by atoms with Gasteiger partial charge in [0.1, 0.15) is 5.60 Å². The fourth-order valence-electron chi connectivity index (χ4n) is 11.5. The van der Waals surface area contributed by atoms with Gasteiger partial charge >= 0.3 is 6.09 Å². The second kappa shape index (κ2) is 18.6. The van der Waals surface area contributed by atoms with Crippen molar-refractivity contribution in [1.29, 1.82) is 0 Å². The monoisotopic (exact) mass is 886 g/mol. The van der Waals surface area contributed by atoms with Gasteiger partial charge < -0.3 is 24.4 Å². The minimum absolute atomic E-state index is 0.119. The predicted molar refractivity (Wildman–Crippen MR) is 273 cm³/mol. The number of fused-ring (bicyclic) bond motifs is 2. The molecule has 12 rings (SSSR count). The molecule has 6 heteroatoms. The van der Waals surface area contributed by atoms with Crippen LogP contribution in [0.25, 0.3) is 43.1 Å². The molecule has 67 heavy (non-hydrogen) atoms. The molecular formula is C61H62N2O4. The Hall–Kier alpha value is -6.05. The standard InChI is InChI=1S/C33H35NO3.C28H27NO/c1-33(2,3)37-32(35)34-18-17-28(27-16-15-25-14-13-24-9-6-10-29(27)31(24)25)30(20-34)36-21-22-11-12-23-7-4-5-8-26(23)19-22;1-2-5-23-16-19(8-9-20(23)4-1)18-30-27-17-29-15-14-25(27)24-13-12-22-11-10-21-6-3-7-26(24)28(21)22/h4-12,15-16,19,28,30H,13-14,17-18,20-21H2,1-3H3;1-9,12-13,16,25,27,29H,10-11,14-15,17-18H2. The highest BCUT2D eigenvalue weighted by Crippen LogP contribution is 2.41. The lowest BCUT2D eigenvalue weighted by Gasteiger charge is -2.39. The minimum Gasteiger partial charge on any atom is -0.444 e. The van der Waals surface area contributed by atoms with Crippen molar-refractivity contribution >= 4 is 49.2 Å². The molecular weight excluding hydrogens is 825 g/mol. The van der Waals surface area contributed by atoms with Crippen molar-refractivity contribution < 1.29 is 19.0 Å². The fraction of sp³-hybridized carbons (Fsp3) is 0.328. The summed E-state index contributed by atoms with van der Waals surface area (Å²) in [4.78, 5) is 14.8. The van der Waals surface area contributed by atoms with Gasteiger partial charge in [-0.3, -0.25) is 0 Å². The first-order valence-corrected chi connectivity index (χ1v) is 24.7. The van der Waals surface area contributed by atoms with Crippen molar-refractivity contribution in [2.24, 2.45) is 0 Å². The summed E-state index contributed by atoms with van der Waals surface area (Å²) in [6.45, 7) is 10.1. The van der Waals surface area contributed by atoms with E-state index in [0.717, 1.165) is 44.3 Å². The molecule has 2 saturated heterocycles. The van der Waals surface area contributed by atoms with Gasteiger partial charge in [0, 0.05) is 24.9 Å². The first-order valence-electron chi connectivity index (χ1n) is 24.7. The van der Waals surface area contributed by atoms with Crippen LogP contribution in [0.3, 0.4) is 0 Å². The number of hydrogen-bond acceptors (Lipinski definition) is 5. The molecule has 6 nitrogen and oxygen atoms in total. The van der Waals surface area contributed by atoms with Gasteiger partial charge in [0.05, 0.1) is 32.0 Å². The minimum atomic E-state index is -0.521. The molecule has 0 spiro atoms. The van der Waals surface area contributed by atoms with E-state index in [4.69, 9.17) is 14.2 Å². The number of carbonyl (C=O) groups is 1. The highest BCUT2D eigenvalue weighted by molar-refractivity contribution is 5.95. The molecule has 1 N–H and O–H groups in total. The Kier molecular flexibility index (Phi) is 12.1. The van der Waals surface area contributed by atoms with Gasteiger partial charge in [0.25, 0.3) is 0 Å². The van der Waals surface area contributed by atoms with E-state index in [1.807, 2.05) is 25.7 Å². The highest BCUT2D eigenvalue weighted by Gasteiger charge is 2.36. The van der Waals surface area contributed by atoms with Gasteiger partial charge in [0.15, 0.2) is 0 Å². The molecule has 1 amide bonds. The molecule has 4 atom stereocenters. The third-order valence-corrected chi connectivity index (χ3v) is 14.8. The van der Waals surface area contributed by atoms with E-state index in [2.05, 4.69) is 151 Å². The highest BCUT2D eigenvalue weighted by atomic mass is 16.6. The predicted octanol–water partition coefficient (Wildman–Crippen LogP) is 13.2. The molecule has 0 saturated carbocycles. The van der Waals surface area contributed by atoms with Crippen molar-refractivity contribution in [2.45, 2.75) is 102 Å². The van der Waals surface area contributed by atoms with Gasteiger partial charge in [-0.15, -0.1) is 0 Å². The second-order valence-electron chi connectivity index (χ2n) is 20.3. The molecule has 8 aromatic rings. The fourth-order valence-corrected chi connectivity index (χ4v) is 11.5. The number of amides is 1. The number of benzene rings is 8. The Morgan fingerprint density at radius 1 is 0.567 bits per heavy atom. The molecule has 4 aliphatic rings. The van der Waals surface area contributed by atoms with Crippen LogP contribution in [0, 0.1) is 0 Å². The van der Waals surface area contributed by atoms with Crippen LogP contribution in [0.5, 0.6) is 0 Å². The maximum atomic E-state index is 13.0. The van der Waals surface area contributed by atoms with E-state index in [0.29, 0.717) is 32.2 Å². The zero-order valence-corrected chi connectivity index (χ0v) is 39.2. The van der Waals surface area contributed by atoms with E-state index in [-0.39, 0.29) is 24.2 Å². The SMILES string of the molecule is CC(C)(C)OC(=O)N1CCC(c2ccc3c4c(cccc24)CC3)C(OCc2ccc3ccccc3c2)C1.c1ccc2cc(COC3CNCCC3c3ccc4c5c(cccc35)CC4)ccc2c1. The Balaban J connectivity index is 0.000000151. The van der Waals surface area contributed by atoms with Gasteiger partial charge in [-0.05, 0) is 166 Å². The number of rotatable bonds is 8. The van der Waals surface area contributed by atoms with Crippen LogP contribution in [0.4, 0.5) is 4.79 Å². The lowest BCUT2D eigenvalue weighted by atomic mass is 9.83. The maximum absolute atomic E-state index is 13.0.